The lowest BCUT2D eigenvalue weighted by atomic mass is 10.1. The molecule has 0 spiro atoms. The van der Waals surface area contributed by atoms with E-state index in [1.54, 1.807) is 0 Å². The van der Waals surface area contributed by atoms with Crippen LogP contribution >= 0.6 is 0 Å². The molecule has 0 aliphatic rings. The summed E-state index contributed by atoms with van der Waals surface area (Å²) in [6.45, 7) is 2.78. The van der Waals surface area contributed by atoms with Crippen LogP contribution in [-0.4, -0.2) is 11.7 Å². The maximum Gasteiger partial charge on any atom is 0.0807 e. The first-order chi connectivity index (χ1) is 9.15. The van der Waals surface area contributed by atoms with Gasteiger partial charge in [-0.25, -0.2) is 0 Å². The molecule has 100 valence electrons. The number of aliphatic hydroxyl groups is 1. The van der Waals surface area contributed by atoms with Crippen LogP contribution in [0.15, 0.2) is 48.5 Å². The second kappa shape index (κ2) is 6.25. The zero-order valence-electron chi connectivity index (χ0n) is 11.1. The molecule has 4 N–H and O–H groups in total. The molecule has 0 radical (unpaired) electrons. The molecule has 3 nitrogen and oxygen atoms in total. The molecule has 1 atom stereocenters. The Bertz CT molecular complexity index is 540. The number of nitrogen functional groups attached to an aromatic ring is 1. The van der Waals surface area contributed by atoms with Crippen LogP contribution in [0, 0.1) is 6.92 Å². The molecule has 2 aromatic carbocycles. The maximum absolute atomic E-state index is 10.1. The average molecular weight is 256 g/mol. The number of aryl methyl sites for hydroxylation is 1. The number of aliphatic hydroxyl groups excluding tert-OH is 1. The monoisotopic (exact) mass is 256 g/mol. The van der Waals surface area contributed by atoms with Gasteiger partial charge in [-0.15, -0.1) is 0 Å². The Balaban J connectivity index is 1.85. The number of nitrogens with one attached hydrogen (secondary N) is 1. The fourth-order valence-electron chi connectivity index (χ4n) is 2.04. The van der Waals surface area contributed by atoms with Gasteiger partial charge in [-0.3, -0.25) is 0 Å². The Labute approximate surface area is 114 Å². The molecule has 0 aliphatic carbocycles. The van der Waals surface area contributed by atoms with Crippen molar-refractivity contribution in [2.45, 2.75) is 19.4 Å². The van der Waals surface area contributed by atoms with Gasteiger partial charge in [0.15, 0.2) is 0 Å². The number of hydrogen-bond acceptors (Lipinski definition) is 3. The minimum Gasteiger partial charge on any atom is -0.399 e. The third-order valence-electron chi connectivity index (χ3n) is 3.06. The number of rotatable bonds is 5. The first-order valence-corrected chi connectivity index (χ1v) is 6.49. The van der Waals surface area contributed by atoms with Crippen molar-refractivity contribution in [3.05, 3.63) is 59.7 Å². The van der Waals surface area contributed by atoms with E-state index in [1.165, 1.54) is 5.56 Å². The molecule has 0 aliphatic heterocycles. The van der Waals surface area contributed by atoms with E-state index in [9.17, 15) is 5.11 Å². The van der Waals surface area contributed by atoms with Crippen molar-refractivity contribution in [1.82, 2.24) is 0 Å². The van der Waals surface area contributed by atoms with Gasteiger partial charge in [0, 0.05) is 17.9 Å². The third kappa shape index (κ3) is 4.00. The Kier molecular flexibility index (Phi) is 4.42. The highest BCUT2D eigenvalue weighted by Crippen LogP contribution is 2.19. The molecule has 1 unspecified atom stereocenters. The summed E-state index contributed by atoms with van der Waals surface area (Å²) >= 11 is 0. The van der Waals surface area contributed by atoms with Gasteiger partial charge in [0.25, 0.3) is 0 Å². The van der Waals surface area contributed by atoms with Crippen LogP contribution in [0.4, 0.5) is 11.4 Å². The number of anilines is 2. The Morgan fingerprint density at radius 3 is 2.68 bits per heavy atom. The van der Waals surface area contributed by atoms with Gasteiger partial charge in [0.2, 0.25) is 0 Å². The topological polar surface area (TPSA) is 58.3 Å². The predicted molar refractivity (Wildman–Crippen MR) is 80.1 cm³/mol. The molecule has 0 amide bonds. The van der Waals surface area contributed by atoms with E-state index in [4.69, 9.17) is 5.73 Å². The summed E-state index contributed by atoms with van der Waals surface area (Å²) in [5, 5.41) is 13.4. The lowest BCUT2D eigenvalue weighted by Crippen LogP contribution is -2.08. The second-order valence-electron chi connectivity index (χ2n) is 4.77. The molecule has 19 heavy (non-hydrogen) atoms. The first-order valence-electron chi connectivity index (χ1n) is 6.49. The quantitative estimate of drug-likeness (QED) is 0.720. The number of hydrogen-bond donors (Lipinski definition) is 3. The van der Waals surface area contributed by atoms with Gasteiger partial charge in [0.1, 0.15) is 0 Å². The molecule has 3 heteroatoms. The minimum absolute atomic E-state index is 0.485. The van der Waals surface area contributed by atoms with Crippen molar-refractivity contribution < 1.29 is 5.11 Å². The molecular formula is C16H20N2O. The fraction of sp³-hybridized carbons (Fsp3) is 0.250. The van der Waals surface area contributed by atoms with E-state index in [-0.39, 0.29) is 0 Å². The van der Waals surface area contributed by atoms with Crippen molar-refractivity contribution in [3.8, 4) is 0 Å². The average Bonchev–Trinajstić information content (AvgIpc) is 2.38. The largest absolute Gasteiger partial charge is 0.399 e. The molecule has 2 aromatic rings. The summed E-state index contributed by atoms with van der Waals surface area (Å²) in [5.41, 5.74) is 9.56. The van der Waals surface area contributed by atoms with Crippen molar-refractivity contribution in [2.75, 3.05) is 17.6 Å². The second-order valence-corrected chi connectivity index (χ2v) is 4.77. The first kappa shape index (κ1) is 13.4. The van der Waals surface area contributed by atoms with Crippen molar-refractivity contribution in [3.63, 3.8) is 0 Å². The van der Waals surface area contributed by atoms with E-state index < -0.39 is 6.10 Å². The molecule has 0 bridgehead atoms. The summed E-state index contributed by atoms with van der Waals surface area (Å²) in [4.78, 5) is 0. The molecule has 0 saturated carbocycles. The Hall–Kier alpha value is -2.00. The van der Waals surface area contributed by atoms with E-state index in [2.05, 4.69) is 24.4 Å². The summed E-state index contributed by atoms with van der Waals surface area (Å²) in [5.74, 6) is 0. The molecule has 0 saturated heterocycles. The standard InChI is InChI=1S/C16H20N2O/c1-12-4-2-7-15(10-12)18-9-8-16(19)13-5-3-6-14(17)11-13/h2-7,10-11,16,18-19H,8-9,17H2,1H3. The van der Waals surface area contributed by atoms with Gasteiger partial charge < -0.3 is 16.2 Å². The highest BCUT2D eigenvalue weighted by Gasteiger charge is 2.07. The molecule has 0 aromatic heterocycles. The van der Waals surface area contributed by atoms with Crippen molar-refractivity contribution >= 4 is 11.4 Å². The van der Waals surface area contributed by atoms with Crippen LogP contribution in [0.2, 0.25) is 0 Å². The van der Waals surface area contributed by atoms with E-state index in [0.717, 1.165) is 17.8 Å². The highest BCUT2D eigenvalue weighted by atomic mass is 16.3. The highest BCUT2D eigenvalue weighted by molar-refractivity contribution is 5.45. The van der Waals surface area contributed by atoms with Crippen LogP contribution in [0.5, 0.6) is 0 Å². The Morgan fingerprint density at radius 1 is 1.16 bits per heavy atom. The summed E-state index contributed by atoms with van der Waals surface area (Å²) < 4.78 is 0. The summed E-state index contributed by atoms with van der Waals surface area (Å²) in [6, 6.07) is 15.6. The molecule has 0 fully saturated rings. The molecular weight excluding hydrogens is 236 g/mol. The van der Waals surface area contributed by atoms with Crippen molar-refractivity contribution in [1.29, 1.82) is 0 Å². The lowest BCUT2D eigenvalue weighted by Gasteiger charge is -2.13. The number of benzene rings is 2. The number of nitrogens with two attached hydrogens (primary N) is 1. The van der Waals surface area contributed by atoms with Crippen LogP contribution in [-0.2, 0) is 0 Å². The maximum atomic E-state index is 10.1. The van der Waals surface area contributed by atoms with Crippen LogP contribution in [0.1, 0.15) is 23.7 Å². The van der Waals surface area contributed by atoms with Crippen LogP contribution in [0.25, 0.3) is 0 Å². The SMILES string of the molecule is Cc1cccc(NCCC(O)c2cccc(N)c2)c1. The summed E-state index contributed by atoms with van der Waals surface area (Å²) in [6.07, 6.45) is 0.165. The zero-order chi connectivity index (χ0) is 13.7. The zero-order valence-corrected chi connectivity index (χ0v) is 11.1. The molecule has 2 rings (SSSR count). The predicted octanol–water partition coefficient (Wildman–Crippen LogP) is 3.11. The van der Waals surface area contributed by atoms with Gasteiger partial charge in [0.05, 0.1) is 6.10 Å². The minimum atomic E-state index is -0.485. The van der Waals surface area contributed by atoms with Crippen molar-refractivity contribution in [2.24, 2.45) is 0 Å². The fourth-order valence-corrected chi connectivity index (χ4v) is 2.04. The molecule has 0 heterocycles. The van der Waals surface area contributed by atoms with E-state index in [0.29, 0.717) is 12.1 Å². The normalized spacial score (nSPS) is 12.1. The lowest BCUT2D eigenvalue weighted by molar-refractivity contribution is 0.172. The van der Waals surface area contributed by atoms with Gasteiger partial charge in [-0.2, -0.15) is 0 Å². The van der Waals surface area contributed by atoms with E-state index in [1.807, 2.05) is 36.4 Å². The summed E-state index contributed by atoms with van der Waals surface area (Å²) in [7, 11) is 0. The van der Waals surface area contributed by atoms with E-state index >= 15 is 0 Å². The van der Waals surface area contributed by atoms with Crippen LogP contribution < -0.4 is 11.1 Å². The smallest absolute Gasteiger partial charge is 0.0807 e. The Morgan fingerprint density at radius 2 is 1.95 bits per heavy atom. The van der Waals surface area contributed by atoms with Gasteiger partial charge in [-0.05, 0) is 48.7 Å². The van der Waals surface area contributed by atoms with Crippen LogP contribution in [0.3, 0.4) is 0 Å². The van der Waals surface area contributed by atoms with Gasteiger partial charge in [-0.1, -0.05) is 24.3 Å². The van der Waals surface area contributed by atoms with Gasteiger partial charge >= 0.3 is 0 Å². The third-order valence-corrected chi connectivity index (χ3v) is 3.06.